The van der Waals surface area contributed by atoms with Gasteiger partial charge in [-0.15, -0.1) is 0 Å². The van der Waals surface area contributed by atoms with Crippen LogP contribution < -0.4 is 5.32 Å². The minimum Gasteiger partial charge on any atom is -0.382 e. The molecule has 3 heteroatoms. The lowest BCUT2D eigenvalue weighted by Crippen LogP contribution is -2.38. The van der Waals surface area contributed by atoms with Gasteiger partial charge in [0.15, 0.2) is 0 Å². The number of anilines is 1. The standard InChI is InChI=1S/C15H21N3/c1-15(2)8-4-3-5-14(15)17-12-7-6-11-10-16-18-13(11)9-12/h6-7,9-10,14,17H,3-5,8H2,1-2H3,(H,16,18). The van der Waals surface area contributed by atoms with Crippen LogP contribution in [0.2, 0.25) is 0 Å². The molecule has 1 aliphatic rings. The number of rotatable bonds is 2. The van der Waals surface area contributed by atoms with Crippen LogP contribution in [0, 0.1) is 5.41 Å². The van der Waals surface area contributed by atoms with E-state index < -0.39 is 0 Å². The SMILES string of the molecule is CC1(C)CCCCC1Nc1ccc2cn[nH]c2c1. The summed E-state index contributed by atoms with van der Waals surface area (Å²) in [5.74, 6) is 0. The molecule has 0 bridgehead atoms. The minimum atomic E-state index is 0.390. The van der Waals surface area contributed by atoms with Gasteiger partial charge in [0.2, 0.25) is 0 Å². The van der Waals surface area contributed by atoms with Gasteiger partial charge in [0.05, 0.1) is 11.7 Å². The number of H-pyrrole nitrogens is 1. The Kier molecular flexibility index (Phi) is 2.77. The number of hydrogen-bond acceptors (Lipinski definition) is 2. The third-order valence-electron chi connectivity index (χ3n) is 4.29. The van der Waals surface area contributed by atoms with Crippen molar-refractivity contribution >= 4 is 16.6 Å². The number of aromatic nitrogens is 2. The third-order valence-corrected chi connectivity index (χ3v) is 4.29. The predicted molar refractivity (Wildman–Crippen MR) is 75.8 cm³/mol. The van der Waals surface area contributed by atoms with Crippen molar-refractivity contribution in [3.63, 3.8) is 0 Å². The molecule has 18 heavy (non-hydrogen) atoms. The summed E-state index contributed by atoms with van der Waals surface area (Å²) in [6.07, 6.45) is 7.16. The maximum atomic E-state index is 4.07. The average Bonchev–Trinajstić information content (AvgIpc) is 2.79. The topological polar surface area (TPSA) is 40.7 Å². The molecule has 1 fully saturated rings. The van der Waals surface area contributed by atoms with Gasteiger partial charge >= 0.3 is 0 Å². The van der Waals surface area contributed by atoms with Crippen LogP contribution >= 0.6 is 0 Å². The van der Waals surface area contributed by atoms with E-state index in [-0.39, 0.29) is 0 Å². The molecule has 1 saturated carbocycles. The van der Waals surface area contributed by atoms with Crippen molar-refractivity contribution in [3.05, 3.63) is 24.4 Å². The van der Waals surface area contributed by atoms with Gasteiger partial charge in [0.25, 0.3) is 0 Å². The van der Waals surface area contributed by atoms with Crippen molar-refractivity contribution in [2.75, 3.05) is 5.32 Å². The van der Waals surface area contributed by atoms with E-state index >= 15 is 0 Å². The molecular weight excluding hydrogens is 222 g/mol. The summed E-state index contributed by atoms with van der Waals surface area (Å²) in [5, 5.41) is 12.0. The van der Waals surface area contributed by atoms with Crippen molar-refractivity contribution in [2.24, 2.45) is 5.41 Å². The van der Waals surface area contributed by atoms with E-state index in [1.54, 1.807) is 0 Å². The van der Waals surface area contributed by atoms with Gasteiger partial charge in [-0.25, -0.2) is 0 Å². The second kappa shape index (κ2) is 4.30. The fraction of sp³-hybridized carbons (Fsp3) is 0.533. The van der Waals surface area contributed by atoms with Crippen LogP contribution in [0.3, 0.4) is 0 Å². The summed E-state index contributed by atoms with van der Waals surface area (Å²) < 4.78 is 0. The Balaban J connectivity index is 1.82. The number of nitrogens with zero attached hydrogens (tertiary/aromatic N) is 1. The molecule has 1 unspecified atom stereocenters. The van der Waals surface area contributed by atoms with Crippen molar-refractivity contribution in [3.8, 4) is 0 Å². The summed E-state index contributed by atoms with van der Waals surface area (Å²) in [5.41, 5.74) is 2.70. The first-order valence-corrected chi connectivity index (χ1v) is 6.85. The molecule has 2 N–H and O–H groups in total. The largest absolute Gasteiger partial charge is 0.382 e. The molecule has 0 radical (unpaired) electrons. The maximum Gasteiger partial charge on any atom is 0.0670 e. The average molecular weight is 243 g/mol. The Morgan fingerprint density at radius 3 is 3.06 bits per heavy atom. The lowest BCUT2D eigenvalue weighted by atomic mass is 9.73. The molecule has 1 atom stereocenters. The molecular formula is C15H21N3. The van der Waals surface area contributed by atoms with E-state index in [1.165, 1.54) is 36.8 Å². The lowest BCUT2D eigenvalue weighted by Gasteiger charge is -2.39. The van der Waals surface area contributed by atoms with E-state index in [2.05, 4.69) is 47.6 Å². The molecule has 2 aromatic rings. The third kappa shape index (κ3) is 2.09. The van der Waals surface area contributed by atoms with Crippen LogP contribution in [0.15, 0.2) is 24.4 Å². The van der Waals surface area contributed by atoms with E-state index in [1.807, 2.05) is 6.20 Å². The molecule has 0 spiro atoms. The normalized spacial score (nSPS) is 23.1. The number of fused-ring (bicyclic) bond motifs is 1. The summed E-state index contributed by atoms with van der Waals surface area (Å²) in [6.45, 7) is 4.75. The highest BCUT2D eigenvalue weighted by atomic mass is 15.1. The molecule has 3 nitrogen and oxygen atoms in total. The Labute approximate surface area is 108 Å². The summed E-state index contributed by atoms with van der Waals surface area (Å²) in [4.78, 5) is 0. The Bertz CT molecular complexity index is 541. The highest BCUT2D eigenvalue weighted by Gasteiger charge is 2.31. The molecule has 1 aliphatic carbocycles. The highest BCUT2D eigenvalue weighted by Crippen LogP contribution is 2.37. The van der Waals surface area contributed by atoms with Gasteiger partial charge in [-0.3, -0.25) is 5.10 Å². The summed E-state index contributed by atoms with van der Waals surface area (Å²) >= 11 is 0. The van der Waals surface area contributed by atoms with Gasteiger partial charge < -0.3 is 5.32 Å². The van der Waals surface area contributed by atoms with Crippen LogP contribution in [0.1, 0.15) is 39.5 Å². The van der Waals surface area contributed by atoms with E-state index in [0.29, 0.717) is 11.5 Å². The fourth-order valence-electron chi connectivity index (χ4n) is 2.99. The van der Waals surface area contributed by atoms with Gasteiger partial charge in [0.1, 0.15) is 0 Å². The summed E-state index contributed by atoms with van der Waals surface area (Å²) in [7, 11) is 0. The van der Waals surface area contributed by atoms with Crippen LogP contribution in [0.5, 0.6) is 0 Å². The van der Waals surface area contributed by atoms with Crippen molar-refractivity contribution in [2.45, 2.75) is 45.6 Å². The quantitative estimate of drug-likeness (QED) is 0.838. The molecule has 0 saturated heterocycles. The smallest absolute Gasteiger partial charge is 0.0670 e. The highest BCUT2D eigenvalue weighted by molar-refractivity contribution is 5.81. The Morgan fingerprint density at radius 2 is 2.22 bits per heavy atom. The molecule has 0 aliphatic heterocycles. The van der Waals surface area contributed by atoms with Gasteiger partial charge in [-0.2, -0.15) is 5.10 Å². The van der Waals surface area contributed by atoms with Crippen LogP contribution in [0.25, 0.3) is 10.9 Å². The van der Waals surface area contributed by atoms with Gasteiger partial charge in [-0.1, -0.05) is 26.7 Å². The molecule has 1 heterocycles. The minimum absolute atomic E-state index is 0.390. The van der Waals surface area contributed by atoms with Crippen molar-refractivity contribution in [1.82, 2.24) is 10.2 Å². The first kappa shape index (κ1) is 11.6. The second-order valence-electron chi connectivity index (χ2n) is 6.10. The number of aromatic amines is 1. The van der Waals surface area contributed by atoms with Gasteiger partial charge in [0, 0.05) is 17.1 Å². The molecule has 1 aromatic carbocycles. The Hall–Kier alpha value is -1.51. The van der Waals surface area contributed by atoms with E-state index in [0.717, 1.165) is 5.52 Å². The van der Waals surface area contributed by atoms with Crippen molar-refractivity contribution in [1.29, 1.82) is 0 Å². The zero-order valence-electron chi connectivity index (χ0n) is 11.2. The van der Waals surface area contributed by atoms with Crippen LogP contribution in [-0.2, 0) is 0 Å². The monoisotopic (exact) mass is 243 g/mol. The Morgan fingerprint density at radius 1 is 1.33 bits per heavy atom. The fourth-order valence-corrected chi connectivity index (χ4v) is 2.99. The summed E-state index contributed by atoms with van der Waals surface area (Å²) in [6, 6.07) is 7.01. The van der Waals surface area contributed by atoms with E-state index in [9.17, 15) is 0 Å². The van der Waals surface area contributed by atoms with Crippen LogP contribution in [-0.4, -0.2) is 16.2 Å². The zero-order valence-corrected chi connectivity index (χ0v) is 11.2. The second-order valence-corrected chi connectivity index (χ2v) is 6.10. The van der Waals surface area contributed by atoms with Gasteiger partial charge in [-0.05, 0) is 36.5 Å². The number of nitrogens with one attached hydrogen (secondary N) is 2. The first-order chi connectivity index (χ1) is 8.65. The van der Waals surface area contributed by atoms with Crippen LogP contribution in [0.4, 0.5) is 5.69 Å². The first-order valence-electron chi connectivity index (χ1n) is 6.85. The number of hydrogen-bond donors (Lipinski definition) is 2. The molecule has 96 valence electrons. The maximum absolute atomic E-state index is 4.07. The van der Waals surface area contributed by atoms with E-state index in [4.69, 9.17) is 0 Å². The lowest BCUT2D eigenvalue weighted by molar-refractivity contribution is 0.217. The molecule has 0 amide bonds. The molecule has 3 rings (SSSR count). The zero-order chi connectivity index (χ0) is 12.6. The van der Waals surface area contributed by atoms with Crippen molar-refractivity contribution < 1.29 is 0 Å². The number of benzene rings is 1. The molecule has 1 aromatic heterocycles. The predicted octanol–water partition coefficient (Wildman–Crippen LogP) is 3.94.